The Morgan fingerprint density at radius 1 is 1.44 bits per heavy atom. The van der Waals surface area contributed by atoms with Crippen LogP contribution in [0.25, 0.3) is 0 Å². The molecule has 0 aromatic rings. The predicted molar refractivity (Wildman–Crippen MR) is 24.9 cm³/mol. The molecule has 9 heavy (non-hydrogen) atoms. The summed E-state index contributed by atoms with van der Waals surface area (Å²) in [4.78, 5) is 16.7. The van der Waals surface area contributed by atoms with Crippen LogP contribution in [0.5, 0.6) is 0 Å². The van der Waals surface area contributed by atoms with Crippen LogP contribution in [-0.2, 0) is 0 Å². The van der Waals surface area contributed by atoms with E-state index in [4.69, 9.17) is 0 Å². The molecule has 0 spiro atoms. The van der Waals surface area contributed by atoms with Crippen LogP contribution >= 0.6 is 0 Å². The average Bonchev–Trinajstić information content (AvgIpc) is 1.63. The van der Waals surface area contributed by atoms with E-state index in [1.165, 1.54) is 0 Å². The Labute approximate surface area is 49.1 Å². The fourth-order valence-corrected chi connectivity index (χ4v) is 0.134. The first-order valence-electron chi connectivity index (χ1n) is 1.72. The van der Waals surface area contributed by atoms with Gasteiger partial charge in [-0.15, -0.1) is 0 Å². The van der Waals surface area contributed by atoms with Gasteiger partial charge in [0.2, 0.25) is 0 Å². The van der Waals surface area contributed by atoms with Gasteiger partial charge in [-0.05, 0) is 4.92 Å². The van der Waals surface area contributed by atoms with Gasteiger partial charge in [0.15, 0.2) is 0 Å². The minimum absolute atomic E-state index is 1.09. The molecule has 0 aromatic carbocycles. The van der Waals surface area contributed by atoms with E-state index < -0.39 is 15.7 Å². The first-order valence-corrected chi connectivity index (χ1v) is 1.72. The van der Waals surface area contributed by atoms with E-state index in [0.29, 0.717) is 0 Å². The minimum atomic E-state index is -1.11. The lowest BCUT2D eigenvalue weighted by atomic mass is 10.8. The van der Waals surface area contributed by atoms with Crippen LogP contribution in [0.15, 0.2) is 5.82 Å². The van der Waals surface area contributed by atoms with Gasteiger partial charge in [0.05, 0.1) is 4.92 Å². The van der Waals surface area contributed by atoms with Gasteiger partial charge >= 0.3 is 12.0 Å². The summed E-state index contributed by atoms with van der Waals surface area (Å²) in [6, 6.07) is 0. The maximum atomic E-state index is 9.51. The van der Waals surface area contributed by atoms with Crippen LogP contribution in [0.2, 0.25) is 0 Å². The first kappa shape index (κ1) is 7.34. The highest BCUT2D eigenvalue weighted by Gasteiger charge is 2.07. The summed E-state index contributed by atoms with van der Waals surface area (Å²) in [6.45, 7) is 0. The quantitative estimate of drug-likeness (QED) is 0.297. The zero-order valence-electron chi connectivity index (χ0n) is 4.10. The molecule has 0 aliphatic rings. The number of nitrogens with two attached hydrogens (primary N) is 1. The summed E-state index contributed by atoms with van der Waals surface area (Å²) < 4.78 is 0. The van der Waals surface area contributed by atoms with Gasteiger partial charge in [0, 0.05) is 0 Å². The molecule has 0 aliphatic carbocycles. The third-order valence-electron chi connectivity index (χ3n) is 0.403. The molecule has 0 atom stereocenters. The fourth-order valence-electron chi connectivity index (χ4n) is 0.134. The van der Waals surface area contributed by atoms with Crippen LogP contribution < -0.4 is 5.73 Å². The van der Waals surface area contributed by atoms with E-state index >= 15 is 0 Å². The van der Waals surface area contributed by atoms with E-state index in [1.54, 1.807) is 0 Å². The molecule has 0 amide bonds. The highest BCUT2D eigenvalue weighted by atomic mass is 16.6. The van der Waals surface area contributed by atoms with Gasteiger partial charge in [0.25, 0.3) is 0 Å². The Balaban J connectivity index is 4.17. The molecule has 0 heterocycles. The van der Waals surface area contributed by atoms with E-state index in [0.717, 1.165) is 6.20 Å². The van der Waals surface area contributed by atoms with E-state index in [9.17, 15) is 20.2 Å². The van der Waals surface area contributed by atoms with Crippen molar-refractivity contribution >= 4 is 0 Å². The molecule has 7 nitrogen and oxygen atoms in total. The van der Waals surface area contributed by atoms with Gasteiger partial charge in [-0.25, -0.2) is 0 Å². The molecular weight excluding hydrogens is 130 g/mol. The van der Waals surface area contributed by atoms with Crippen LogP contribution in [-0.4, -0.2) is 9.85 Å². The summed E-state index contributed by atoms with van der Waals surface area (Å²) in [7, 11) is 0. The van der Waals surface area contributed by atoms with Crippen LogP contribution in [0.4, 0.5) is 0 Å². The molecule has 7 heteroatoms. The van der Waals surface area contributed by atoms with E-state index in [-0.39, 0.29) is 0 Å². The summed E-state index contributed by atoms with van der Waals surface area (Å²) in [5, 5.41) is 18.9. The standard InChI is InChI=1S/C2H2N3O4/c3-2(5(8)9)1-4(6)7/h3H2. The predicted octanol–water partition coefficient (Wildman–Crippen LogP) is -0.899. The molecule has 2 N–H and O–H groups in total. The monoisotopic (exact) mass is 132 g/mol. The minimum Gasteiger partial charge on any atom is -0.358 e. The number of nitrogens with zero attached hydrogens (tertiary/aromatic N) is 2. The summed E-state index contributed by atoms with van der Waals surface area (Å²) in [5.41, 5.74) is 4.48. The second-order valence-corrected chi connectivity index (χ2v) is 1.01. The van der Waals surface area contributed by atoms with Crippen molar-refractivity contribution in [2.24, 2.45) is 5.73 Å². The van der Waals surface area contributed by atoms with E-state index in [1.807, 2.05) is 0 Å². The van der Waals surface area contributed by atoms with Crippen LogP contribution in [0, 0.1) is 26.4 Å². The Bertz CT molecular complexity index is 173. The summed E-state index contributed by atoms with van der Waals surface area (Å²) in [6.07, 6.45) is 1.16. The number of hydrogen-bond acceptors (Lipinski definition) is 5. The normalized spacial score (nSPS) is 10.9. The third-order valence-corrected chi connectivity index (χ3v) is 0.403. The summed E-state index contributed by atoms with van der Waals surface area (Å²) in [5.74, 6) is -1.10. The van der Waals surface area contributed by atoms with Crippen molar-refractivity contribution in [3.63, 3.8) is 0 Å². The molecular formula is C2H2N3O4. The topological polar surface area (TPSA) is 112 Å². The zero-order chi connectivity index (χ0) is 7.44. The summed E-state index contributed by atoms with van der Waals surface area (Å²) >= 11 is 0. The van der Waals surface area contributed by atoms with Crippen molar-refractivity contribution in [3.05, 3.63) is 32.2 Å². The van der Waals surface area contributed by atoms with Crippen molar-refractivity contribution in [3.8, 4) is 0 Å². The fraction of sp³-hybridized carbons (Fsp3) is 0. The number of rotatable bonds is 2. The lowest BCUT2D eigenvalue weighted by molar-refractivity contribution is -0.469. The Morgan fingerprint density at radius 2 is 1.89 bits per heavy atom. The van der Waals surface area contributed by atoms with Gasteiger partial charge in [-0.1, -0.05) is 0 Å². The van der Waals surface area contributed by atoms with Crippen LogP contribution in [0.1, 0.15) is 0 Å². The van der Waals surface area contributed by atoms with E-state index in [2.05, 4.69) is 5.73 Å². The second kappa shape index (κ2) is 2.60. The largest absolute Gasteiger partial charge is 0.446 e. The average molecular weight is 132 g/mol. The number of hydrogen-bond donors (Lipinski definition) is 1. The van der Waals surface area contributed by atoms with Gasteiger partial charge in [0.1, 0.15) is 0 Å². The molecule has 0 rings (SSSR count). The zero-order valence-corrected chi connectivity index (χ0v) is 4.10. The van der Waals surface area contributed by atoms with Crippen molar-refractivity contribution in [2.75, 3.05) is 0 Å². The lowest BCUT2D eigenvalue weighted by Gasteiger charge is -1.85. The maximum absolute atomic E-state index is 9.51. The SMILES string of the molecule is NC(=[C][N+](=O)[O-])[N+](=O)[O-]. The Morgan fingerprint density at radius 3 is 2.00 bits per heavy atom. The smallest absolute Gasteiger partial charge is 0.358 e. The van der Waals surface area contributed by atoms with Gasteiger partial charge in [-0.3, -0.25) is 15.8 Å². The highest BCUT2D eigenvalue weighted by Crippen LogP contribution is 1.81. The molecule has 0 fully saturated rings. The third kappa shape index (κ3) is 2.97. The Kier molecular flexibility index (Phi) is 2.12. The lowest BCUT2D eigenvalue weighted by Crippen LogP contribution is -2.10. The van der Waals surface area contributed by atoms with Gasteiger partial charge in [-0.2, -0.15) is 0 Å². The second-order valence-electron chi connectivity index (χ2n) is 1.01. The van der Waals surface area contributed by atoms with Crippen LogP contribution in [0.3, 0.4) is 0 Å². The molecule has 49 valence electrons. The first-order chi connectivity index (χ1) is 4.04. The maximum Gasteiger partial charge on any atom is 0.446 e. The van der Waals surface area contributed by atoms with Crippen molar-refractivity contribution < 1.29 is 9.85 Å². The molecule has 0 aromatic heterocycles. The molecule has 0 saturated carbocycles. The van der Waals surface area contributed by atoms with Crippen molar-refractivity contribution in [2.45, 2.75) is 0 Å². The highest BCUT2D eigenvalue weighted by molar-refractivity contribution is 4.68. The molecule has 1 radical (unpaired) electrons. The number of nitro groups is 2. The molecule has 0 aliphatic heterocycles. The van der Waals surface area contributed by atoms with Crippen molar-refractivity contribution in [1.82, 2.24) is 0 Å². The Hall–Kier alpha value is -1.66. The molecule has 0 saturated heterocycles. The van der Waals surface area contributed by atoms with Gasteiger partial charge < -0.3 is 10.1 Å². The molecule has 0 unspecified atom stereocenters. The van der Waals surface area contributed by atoms with Crippen molar-refractivity contribution in [1.29, 1.82) is 0 Å². The molecule has 0 bridgehead atoms.